The Hall–Kier alpha value is -2.81. The number of carbonyl (C=O) groups is 1. The van der Waals surface area contributed by atoms with E-state index in [2.05, 4.69) is 11.0 Å². The van der Waals surface area contributed by atoms with Crippen molar-refractivity contribution in [3.63, 3.8) is 0 Å². The highest BCUT2D eigenvalue weighted by molar-refractivity contribution is 8.18. The van der Waals surface area contributed by atoms with Gasteiger partial charge in [-0.3, -0.25) is 9.69 Å². The van der Waals surface area contributed by atoms with E-state index in [-0.39, 0.29) is 12.0 Å². The molecule has 3 aliphatic heterocycles. The molecule has 0 aliphatic carbocycles. The zero-order valence-electron chi connectivity index (χ0n) is 19.3. The Morgan fingerprint density at radius 1 is 1.15 bits per heavy atom. The second-order valence-corrected chi connectivity index (χ2v) is 9.43. The maximum absolute atomic E-state index is 13.4. The Kier molecular flexibility index (Phi) is 7.18. The minimum Gasteiger partial charge on any atom is -0.496 e. The first kappa shape index (κ1) is 23.0. The highest BCUT2D eigenvalue weighted by atomic mass is 32.2. The standard InChI is InChI=1S/C26H29N3O4S/c1-31-23-17-21(28-11-14-32-15-12-28)10-9-19(23)16-24-25(30)29(18-22-8-5-13-33-22)26(34-24)27-20-6-3-2-4-7-20/h2-4,6-7,9-10,16-17,22H,5,8,11-15,18H2,1H3/b24-16+,27-26?. The van der Waals surface area contributed by atoms with Gasteiger partial charge in [0.15, 0.2) is 5.17 Å². The fourth-order valence-electron chi connectivity index (χ4n) is 4.34. The number of morpholine rings is 1. The molecular weight excluding hydrogens is 450 g/mol. The summed E-state index contributed by atoms with van der Waals surface area (Å²) < 4.78 is 17.0. The van der Waals surface area contributed by atoms with Crippen LogP contribution in [0.4, 0.5) is 11.4 Å². The van der Waals surface area contributed by atoms with Crippen molar-refractivity contribution < 1.29 is 19.0 Å². The number of thioether (sulfide) groups is 1. The van der Waals surface area contributed by atoms with Crippen molar-refractivity contribution in [1.82, 2.24) is 4.90 Å². The monoisotopic (exact) mass is 479 g/mol. The number of hydrogen-bond acceptors (Lipinski definition) is 7. The van der Waals surface area contributed by atoms with Gasteiger partial charge in [-0.1, -0.05) is 18.2 Å². The summed E-state index contributed by atoms with van der Waals surface area (Å²) in [6, 6.07) is 15.9. The molecule has 1 unspecified atom stereocenters. The van der Waals surface area contributed by atoms with E-state index >= 15 is 0 Å². The van der Waals surface area contributed by atoms with Crippen LogP contribution in [0.25, 0.3) is 6.08 Å². The SMILES string of the molecule is COc1cc(N2CCOCC2)ccc1/C=C1/SC(=Nc2ccccc2)N(CC2CCCO2)C1=O. The van der Waals surface area contributed by atoms with Crippen LogP contribution in [0.3, 0.4) is 0 Å². The van der Waals surface area contributed by atoms with Gasteiger partial charge in [0.1, 0.15) is 5.75 Å². The van der Waals surface area contributed by atoms with E-state index in [4.69, 9.17) is 19.2 Å². The maximum atomic E-state index is 13.4. The number of amides is 1. The molecule has 5 rings (SSSR count). The first-order valence-electron chi connectivity index (χ1n) is 11.7. The molecule has 0 bridgehead atoms. The minimum atomic E-state index is -0.0468. The Morgan fingerprint density at radius 3 is 2.71 bits per heavy atom. The predicted molar refractivity (Wildman–Crippen MR) is 136 cm³/mol. The molecule has 178 valence electrons. The third kappa shape index (κ3) is 5.14. The van der Waals surface area contributed by atoms with Crippen molar-refractivity contribution in [2.24, 2.45) is 4.99 Å². The van der Waals surface area contributed by atoms with Crippen molar-refractivity contribution in [3.05, 3.63) is 59.0 Å². The number of para-hydroxylation sites is 1. The van der Waals surface area contributed by atoms with E-state index in [1.807, 2.05) is 48.5 Å². The average Bonchev–Trinajstić information content (AvgIpc) is 3.50. The average molecular weight is 480 g/mol. The number of rotatable bonds is 6. The molecule has 0 spiro atoms. The molecule has 1 atom stereocenters. The fraction of sp³-hybridized carbons (Fsp3) is 0.385. The first-order chi connectivity index (χ1) is 16.7. The van der Waals surface area contributed by atoms with Gasteiger partial charge in [-0.2, -0.15) is 0 Å². The predicted octanol–water partition coefficient (Wildman–Crippen LogP) is 4.31. The normalized spacial score (nSPS) is 23.3. The van der Waals surface area contributed by atoms with Crippen LogP contribution in [0.15, 0.2) is 58.4 Å². The zero-order chi connectivity index (χ0) is 23.3. The summed E-state index contributed by atoms with van der Waals surface area (Å²) in [5.41, 5.74) is 2.79. The van der Waals surface area contributed by atoms with Gasteiger partial charge < -0.3 is 19.1 Å². The molecule has 7 nitrogen and oxygen atoms in total. The van der Waals surface area contributed by atoms with Crippen molar-refractivity contribution in [3.8, 4) is 5.75 Å². The van der Waals surface area contributed by atoms with Crippen LogP contribution in [-0.2, 0) is 14.3 Å². The molecule has 0 N–H and O–H groups in total. The number of aliphatic imine (C=N–C) groups is 1. The lowest BCUT2D eigenvalue weighted by Crippen LogP contribution is -2.36. The number of benzene rings is 2. The number of hydrogen-bond donors (Lipinski definition) is 0. The third-order valence-electron chi connectivity index (χ3n) is 6.16. The van der Waals surface area contributed by atoms with Crippen LogP contribution in [0, 0.1) is 0 Å². The van der Waals surface area contributed by atoms with E-state index in [0.29, 0.717) is 16.6 Å². The molecule has 3 fully saturated rings. The molecule has 0 saturated carbocycles. The van der Waals surface area contributed by atoms with Crippen LogP contribution in [0.5, 0.6) is 5.75 Å². The largest absolute Gasteiger partial charge is 0.496 e. The molecule has 3 heterocycles. The summed E-state index contributed by atoms with van der Waals surface area (Å²) in [6.07, 6.45) is 3.95. The molecule has 8 heteroatoms. The van der Waals surface area contributed by atoms with Crippen molar-refractivity contribution >= 4 is 40.3 Å². The molecule has 3 aliphatic rings. The summed E-state index contributed by atoms with van der Waals surface area (Å²) in [4.78, 5) is 22.9. The van der Waals surface area contributed by atoms with Crippen molar-refractivity contribution in [1.29, 1.82) is 0 Å². The summed E-state index contributed by atoms with van der Waals surface area (Å²) >= 11 is 1.40. The number of carbonyl (C=O) groups excluding carboxylic acids is 1. The molecular formula is C26H29N3O4S. The van der Waals surface area contributed by atoms with Crippen molar-refractivity contribution in [2.45, 2.75) is 18.9 Å². The van der Waals surface area contributed by atoms with Crippen LogP contribution in [-0.4, -0.2) is 68.6 Å². The van der Waals surface area contributed by atoms with Crippen LogP contribution in [0.1, 0.15) is 18.4 Å². The zero-order valence-corrected chi connectivity index (χ0v) is 20.1. The van der Waals surface area contributed by atoms with E-state index < -0.39 is 0 Å². The first-order valence-corrected chi connectivity index (χ1v) is 12.5. The van der Waals surface area contributed by atoms with Gasteiger partial charge in [-0.25, -0.2) is 4.99 Å². The molecule has 0 radical (unpaired) electrons. The quantitative estimate of drug-likeness (QED) is 0.575. The number of amidine groups is 1. The molecule has 2 aromatic rings. The Balaban J connectivity index is 1.43. The summed E-state index contributed by atoms with van der Waals surface area (Å²) in [5, 5.41) is 0.682. The van der Waals surface area contributed by atoms with Gasteiger partial charge in [0.2, 0.25) is 0 Å². The highest BCUT2D eigenvalue weighted by Crippen LogP contribution is 2.37. The highest BCUT2D eigenvalue weighted by Gasteiger charge is 2.36. The lowest BCUT2D eigenvalue weighted by atomic mass is 10.1. The van der Waals surface area contributed by atoms with Gasteiger partial charge >= 0.3 is 0 Å². The van der Waals surface area contributed by atoms with Crippen LogP contribution < -0.4 is 9.64 Å². The van der Waals surface area contributed by atoms with Gasteiger partial charge in [0.25, 0.3) is 5.91 Å². The van der Waals surface area contributed by atoms with E-state index in [1.165, 1.54) is 11.8 Å². The van der Waals surface area contributed by atoms with E-state index in [1.54, 1.807) is 12.0 Å². The fourth-order valence-corrected chi connectivity index (χ4v) is 5.33. The summed E-state index contributed by atoms with van der Waals surface area (Å²) in [7, 11) is 1.66. The molecule has 2 aromatic carbocycles. The topological polar surface area (TPSA) is 63.6 Å². The minimum absolute atomic E-state index is 0.0468. The van der Waals surface area contributed by atoms with E-state index in [9.17, 15) is 4.79 Å². The number of ether oxygens (including phenoxy) is 3. The smallest absolute Gasteiger partial charge is 0.266 e. The second kappa shape index (κ2) is 10.6. The number of methoxy groups -OCH3 is 1. The molecule has 3 saturated heterocycles. The molecule has 34 heavy (non-hydrogen) atoms. The van der Waals surface area contributed by atoms with E-state index in [0.717, 1.165) is 68.4 Å². The van der Waals surface area contributed by atoms with Gasteiger partial charge in [-0.15, -0.1) is 0 Å². The van der Waals surface area contributed by atoms with Crippen LogP contribution in [0.2, 0.25) is 0 Å². The Bertz CT molecular complexity index is 1080. The number of anilines is 1. The maximum Gasteiger partial charge on any atom is 0.266 e. The molecule has 1 amide bonds. The lowest BCUT2D eigenvalue weighted by molar-refractivity contribution is -0.123. The van der Waals surface area contributed by atoms with Gasteiger partial charge in [0, 0.05) is 37.0 Å². The van der Waals surface area contributed by atoms with Crippen molar-refractivity contribution in [2.75, 3.05) is 51.5 Å². The summed E-state index contributed by atoms with van der Waals surface area (Å²) in [6.45, 7) is 4.43. The number of nitrogens with zero attached hydrogens (tertiary/aromatic N) is 3. The van der Waals surface area contributed by atoms with Crippen LogP contribution >= 0.6 is 11.8 Å². The molecule has 0 aromatic heterocycles. The van der Waals surface area contributed by atoms with Gasteiger partial charge in [-0.05, 0) is 54.9 Å². The Labute approximate surface area is 204 Å². The lowest BCUT2D eigenvalue weighted by Gasteiger charge is -2.29. The third-order valence-corrected chi connectivity index (χ3v) is 7.17. The second-order valence-electron chi connectivity index (χ2n) is 8.42. The Morgan fingerprint density at radius 2 is 1.97 bits per heavy atom. The summed E-state index contributed by atoms with van der Waals surface area (Å²) in [5.74, 6) is 0.693. The van der Waals surface area contributed by atoms with Gasteiger partial charge in [0.05, 0.1) is 43.6 Å².